The smallest absolute Gasteiger partial charge is 0.262 e. The molecule has 0 radical (unpaired) electrons. The lowest BCUT2D eigenvalue weighted by atomic mass is 10.1. The van der Waals surface area contributed by atoms with Crippen LogP contribution >= 0.6 is 0 Å². The number of amides is 1. The Balaban J connectivity index is 2.09. The fraction of sp³-hybridized carbons (Fsp3) is 0.133. The molecule has 20 heavy (non-hydrogen) atoms. The van der Waals surface area contributed by atoms with Crippen molar-refractivity contribution in [3.8, 4) is 6.07 Å². The number of rotatable bonds is 4. The molecule has 0 saturated heterocycles. The zero-order chi connectivity index (χ0) is 14.4. The van der Waals surface area contributed by atoms with E-state index in [4.69, 9.17) is 5.26 Å². The third kappa shape index (κ3) is 3.33. The van der Waals surface area contributed by atoms with E-state index in [-0.39, 0.29) is 11.6 Å². The number of aromatic amines is 1. The Morgan fingerprint density at radius 3 is 2.75 bits per heavy atom. The largest absolute Gasteiger partial charge is 0.345 e. The number of H-pyrrole nitrogens is 1. The summed E-state index contributed by atoms with van der Waals surface area (Å²) in [5, 5.41) is 18.4. The molecule has 5 heteroatoms. The number of aromatic nitrogens is 2. The van der Waals surface area contributed by atoms with Gasteiger partial charge >= 0.3 is 0 Å². The average Bonchev–Trinajstić information content (AvgIpc) is 2.98. The van der Waals surface area contributed by atoms with E-state index < -0.39 is 5.91 Å². The van der Waals surface area contributed by atoms with Crippen LogP contribution in [-0.4, -0.2) is 16.1 Å². The molecule has 0 aliphatic rings. The number of nitriles is 1. The van der Waals surface area contributed by atoms with Crippen LogP contribution in [0.2, 0.25) is 0 Å². The molecule has 5 nitrogen and oxygen atoms in total. The van der Waals surface area contributed by atoms with Crippen molar-refractivity contribution < 1.29 is 4.79 Å². The summed E-state index contributed by atoms with van der Waals surface area (Å²) in [6.07, 6.45) is 3.08. The average molecular weight is 266 g/mol. The van der Waals surface area contributed by atoms with Crippen LogP contribution in [0.15, 0.2) is 48.2 Å². The molecule has 0 spiro atoms. The fourth-order valence-electron chi connectivity index (χ4n) is 1.75. The van der Waals surface area contributed by atoms with Crippen LogP contribution in [-0.2, 0) is 4.79 Å². The Morgan fingerprint density at radius 2 is 2.15 bits per heavy atom. The van der Waals surface area contributed by atoms with Gasteiger partial charge in [-0.05, 0) is 24.6 Å². The highest BCUT2D eigenvalue weighted by Crippen LogP contribution is 2.12. The summed E-state index contributed by atoms with van der Waals surface area (Å²) < 4.78 is 0. The summed E-state index contributed by atoms with van der Waals surface area (Å²) in [4.78, 5) is 12.0. The van der Waals surface area contributed by atoms with Crippen molar-refractivity contribution in [1.82, 2.24) is 15.5 Å². The number of hydrogen-bond acceptors (Lipinski definition) is 3. The third-order valence-electron chi connectivity index (χ3n) is 2.83. The predicted molar refractivity (Wildman–Crippen MR) is 75.2 cm³/mol. The number of hydrogen-bond donors (Lipinski definition) is 2. The van der Waals surface area contributed by atoms with E-state index in [1.54, 1.807) is 12.3 Å². The molecule has 0 bridgehead atoms. The fourth-order valence-corrected chi connectivity index (χ4v) is 1.75. The molecule has 2 N–H and O–H groups in total. The number of carbonyl (C=O) groups is 1. The molecule has 1 aromatic carbocycles. The Kier molecular flexibility index (Phi) is 4.30. The maximum absolute atomic E-state index is 12.0. The first-order valence-corrected chi connectivity index (χ1v) is 6.18. The number of carbonyl (C=O) groups excluding carboxylic acids is 1. The van der Waals surface area contributed by atoms with Crippen LogP contribution in [0.4, 0.5) is 0 Å². The molecule has 0 fully saturated rings. The zero-order valence-corrected chi connectivity index (χ0v) is 11.0. The first-order valence-electron chi connectivity index (χ1n) is 6.18. The third-order valence-corrected chi connectivity index (χ3v) is 2.83. The van der Waals surface area contributed by atoms with Gasteiger partial charge in [-0.1, -0.05) is 30.3 Å². The first-order chi connectivity index (χ1) is 9.70. The second kappa shape index (κ2) is 6.34. The summed E-state index contributed by atoms with van der Waals surface area (Å²) in [5.41, 5.74) is 1.56. The molecule has 1 heterocycles. The summed E-state index contributed by atoms with van der Waals surface area (Å²) in [6.45, 7) is 1.87. The monoisotopic (exact) mass is 266 g/mol. The van der Waals surface area contributed by atoms with E-state index >= 15 is 0 Å². The minimum absolute atomic E-state index is 0.0277. The number of nitrogens with zero attached hydrogens (tertiary/aromatic N) is 2. The SMILES string of the molecule is CC(NC(=O)/C(C#N)=C/c1cc[nH]n1)c1ccccc1. The normalized spacial score (nSPS) is 12.5. The molecular formula is C15H14N4O. The zero-order valence-electron chi connectivity index (χ0n) is 11.0. The maximum Gasteiger partial charge on any atom is 0.262 e. The molecule has 0 aliphatic carbocycles. The van der Waals surface area contributed by atoms with Crippen molar-refractivity contribution in [1.29, 1.82) is 5.26 Å². The molecule has 2 rings (SSSR count). The van der Waals surface area contributed by atoms with Crippen LogP contribution in [0, 0.1) is 11.3 Å². The van der Waals surface area contributed by atoms with Gasteiger partial charge in [0.15, 0.2) is 0 Å². The van der Waals surface area contributed by atoms with Crippen LogP contribution in [0.5, 0.6) is 0 Å². The maximum atomic E-state index is 12.0. The van der Waals surface area contributed by atoms with Gasteiger partial charge in [-0.3, -0.25) is 9.89 Å². The summed E-state index contributed by atoms with van der Waals surface area (Å²) in [6, 6.07) is 13.0. The molecule has 1 atom stereocenters. The first kappa shape index (κ1) is 13.6. The van der Waals surface area contributed by atoms with Crippen molar-refractivity contribution in [2.24, 2.45) is 0 Å². The van der Waals surface area contributed by atoms with Gasteiger partial charge in [-0.2, -0.15) is 10.4 Å². The van der Waals surface area contributed by atoms with Gasteiger partial charge in [-0.25, -0.2) is 0 Å². The van der Waals surface area contributed by atoms with Crippen molar-refractivity contribution in [3.63, 3.8) is 0 Å². The van der Waals surface area contributed by atoms with Gasteiger partial charge in [0.1, 0.15) is 11.6 Å². The highest BCUT2D eigenvalue weighted by molar-refractivity contribution is 6.01. The van der Waals surface area contributed by atoms with Gasteiger partial charge in [0.25, 0.3) is 5.91 Å². The Bertz CT molecular complexity index is 638. The van der Waals surface area contributed by atoms with E-state index in [0.717, 1.165) is 5.56 Å². The van der Waals surface area contributed by atoms with Crippen LogP contribution in [0.1, 0.15) is 24.2 Å². The molecule has 100 valence electrons. The van der Waals surface area contributed by atoms with E-state index in [9.17, 15) is 4.79 Å². The highest BCUT2D eigenvalue weighted by atomic mass is 16.1. The summed E-state index contributed by atoms with van der Waals surface area (Å²) >= 11 is 0. The summed E-state index contributed by atoms with van der Waals surface area (Å²) in [7, 11) is 0. The molecule has 0 aliphatic heterocycles. The second-order valence-corrected chi connectivity index (χ2v) is 4.27. The van der Waals surface area contributed by atoms with Gasteiger partial charge in [-0.15, -0.1) is 0 Å². The predicted octanol–water partition coefficient (Wildman–Crippen LogP) is 2.19. The van der Waals surface area contributed by atoms with Gasteiger partial charge in [0.05, 0.1) is 11.7 Å². The molecule has 0 saturated carbocycles. The molecule has 2 aromatic rings. The molecular weight excluding hydrogens is 252 g/mol. The van der Waals surface area contributed by atoms with Crippen molar-refractivity contribution >= 4 is 12.0 Å². The number of nitrogens with one attached hydrogen (secondary N) is 2. The highest BCUT2D eigenvalue weighted by Gasteiger charge is 2.13. The molecule has 1 amide bonds. The van der Waals surface area contributed by atoms with Crippen LogP contribution < -0.4 is 5.32 Å². The molecule has 1 unspecified atom stereocenters. The van der Waals surface area contributed by atoms with E-state index in [0.29, 0.717) is 5.69 Å². The minimum atomic E-state index is -0.410. The minimum Gasteiger partial charge on any atom is -0.345 e. The Hall–Kier alpha value is -2.87. The quantitative estimate of drug-likeness (QED) is 0.657. The van der Waals surface area contributed by atoms with Gasteiger partial charge in [0.2, 0.25) is 0 Å². The van der Waals surface area contributed by atoms with Gasteiger partial charge < -0.3 is 5.32 Å². The molecule has 1 aromatic heterocycles. The van der Waals surface area contributed by atoms with Crippen LogP contribution in [0.3, 0.4) is 0 Å². The number of benzene rings is 1. The Morgan fingerprint density at radius 1 is 1.40 bits per heavy atom. The lowest BCUT2D eigenvalue weighted by Crippen LogP contribution is -2.27. The van der Waals surface area contributed by atoms with Crippen molar-refractivity contribution in [3.05, 3.63) is 59.4 Å². The standard InChI is InChI=1S/C15H14N4O/c1-11(12-5-3-2-4-6-12)18-15(20)13(10-16)9-14-7-8-17-19-14/h2-9,11H,1H3,(H,17,19)(H,18,20)/b13-9+. The van der Waals surface area contributed by atoms with E-state index in [1.807, 2.05) is 43.3 Å². The van der Waals surface area contributed by atoms with Gasteiger partial charge in [0, 0.05) is 6.20 Å². The lowest BCUT2D eigenvalue weighted by Gasteiger charge is -2.13. The lowest BCUT2D eigenvalue weighted by molar-refractivity contribution is -0.117. The van der Waals surface area contributed by atoms with E-state index in [1.165, 1.54) is 6.08 Å². The second-order valence-electron chi connectivity index (χ2n) is 4.27. The van der Waals surface area contributed by atoms with Crippen LogP contribution in [0.25, 0.3) is 6.08 Å². The Labute approximate surface area is 116 Å². The van der Waals surface area contributed by atoms with Crippen molar-refractivity contribution in [2.45, 2.75) is 13.0 Å². The van der Waals surface area contributed by atoms with Crippen molar-refractivity contribution in [2.75, 3.05) is 0 Å². The topological polar surface area (TPSA) is 81.6 Å². The summed E-state index contributed by atoms with van der Waals surface area (Å²) in [5.74, 6) is -0.410. The van der Waals surface area contributed by atoms with E-state index in [2.05, 4.69) is 15.5 Å².